The molecule has 2 atom stereocenters. The van der Waals surface area contributed by atoms with Gasteiger partial charge in [0.15, 0.2) is 0 Å². The number of benzene rings is 1. The van der Waals surface area contributed by atoms with Crippen molar-refractivity contribution in [2.24, 2.45) is 0 Å². The summed E-state index contributed by atoms with van der Waals surface area (Å²) in [6.45, 7) is 2.33. The molecular formula is C21H24N4O2. The number of nitrogens with zero attached hydrogens (tertiary/aromatic N) is 3. The van der Waals surface area contributed by atoms with Crippen LogP contribution in [0.1, 0.15) is 12.1 Å². The number of carbonyl (C=O) groups is 1. The Morgan fingerprint density at radius 1 is 1.19 bits per heavy atom. The molecule has 6 nitrogen and oxygen atoms in total. The van der Waals surface area contributed by atoms with Gasteiger partial charge in [0, 0.05) is 37.5 Å². The third-order valence-electron chi connectivity index (χ3n) is 5.12. The number of para-hydroxylation sites is 1. The number of pyridine rings is 1. The highest BCUT2D eigenvalue weighted by molar-refractivity contribution is 5.83. The molecule has 1 saturated heterocycles. The summed E-state index contributed by atoms with van der Waals surface area (Å²) in [7, 11) is 0. The molecule has 1 aliphatic rings. The smallest absolute Gasteiger partial charge is 0.240 e. The number of aromatic nitrogens is 2. The van der Waals surface area contributed by atoms with E-state index < -0.39 is 6.10 Å². The molecule has 3 aromatic rings. The fourth-order valence-electron chi connectivity index (χ4n) is 3.72. The van der Waals surface area contributed by atoms with Gasteiger partial charge in [0.05, 0.1) is 17.8 Å². The summed E-state index contributed by atoms with van der Waals surface area (Å²) in [6.07, 6.45) is 3.86. The first-order valence-corrected chi connectivity index (χ1v) is 9.32. The van der Waals surface area contributed by atoms with E-state index in [0.717, 1.165) is 29.6 Å². The number of aliphatic hydroxyl groups is 1. The fourth-order valence-corrected chi connectivity index (χ4v) is 3.72. The number of amides is 1. The molecule has 27 heavy (non-hydrogen) atoms. The summed E-state index contributed by atoms with van der Waals surface area (Å²) in [6, 6.07) is 15.7. The molecule has 0 bridgehead atoms. The first-order chi connectivity index (χ1) is 13.2. The average molecular weight is 364 g/mol. The van der Waals surface area contributed by atoms with Gasteiger partial charge in [-0.1, -0.05) is 24.3 Å². The number of nitrogens with one attached hydrogen (secondary N) is 1. The second-order valence-electron chi connectivity index (χ2n) is 7.09. The maximum absolute atomic E-state index is 12.5. The first kappa shape index (κ1) is 17.7. The summed E-state index contributed by atoms with van der Waals surface area (Å²) < 4.78 is 1.94. The van der Waals surface area contributed by atoms with Gasteiger partial charge in [-0.15, -0.1) is 0 Å². The normalized spacial score (nSPS) is 20.6. The number of carbonyl (C=O) groups excluding carboxylic acids is 1. The second-order valence-corrected chi connectivity index (χ2v) is 7.09. The van der Waals surface area contributed by atoms with Gasteiger partial charge in [0.25, 0.3) is 0 Å². The van der Waals surface area contributed by atoms with Crippen LogP contribution < -0.4 is 5.32 Å². The predicted molar refractivity (Wildman–Crippen MR) is 104 cm³/mol. The summed E-state index contributed by atoms with van der Waals surface area (Å²) in [5.41, 5.74) is 2.03. The minimum Gasteiger partial charge on any atom is -0.390 e. The molecule has 2 N–H and O–H groups in total. The third-order valence-corrected chi connectivity index (χ3v) is 5.12. The van der Waals surface area contributed by atoms with E-state index in [9.17, 15) is 9.90 Å². The number of β-amino-alcohol motifs (C(OH)–C–C–N with tert-alkyl or cyclic N) is 1. The quantitative estimate of drug-likeness (QED) is 0.724. The molecule has 4 rings (SSSR count). The summed E-state index contributed by atoms with van der Waals surface area (Å²) in [5.74, 6) is -0.0708. The van der Waals surface area contributed by atoms with E-state index in [2.05, 4.69) is 15.2 Å². The van der Waals surface area contributed by atoms with Gasteiger partial charge in [-0.2, -0.15) is 0 Å². The molecule has 0 unspecified atom stereocenters. The Morgan fingerprint density at radius 3 is 2.85 bits per heavy atom. The Bertz CT molecular complexity index is 909. The van der Waals surface area contributed by atoms with Crippen LogP contribution in [-0.2, 0) is 17.9 Å². The molecule has 1 amide bonds. The minimum atomic E-state index is -0.576. The Balaban J connectivity index is 1.31. The molecule has 3 heterocycles. The predicted octanol–water partition coefficient (Wildman–Crippen LogP) is 1.79. The van der Waals surface area contributed by atoms with Crippen LogP contribution in [0, 0.1) is 0 Å². The largest absolute Gasteiger partial charge is 0.390 e. The van der Waals surface area contributed by atoms with E-state index in [1.54, 1.807) is 6.20 Å². The van der Waals surface area contributed by atoms with Crippen LogP contribution in [0.25, 0.3) is 10.9 Å². The zero-order valence-electron chi connectivity index (χ0n) is 15.2. The molecule has 0 saturated carbocycles. The second kappa shape index (κ2) is 7.90. The van der Waals surface area contributed by atoms with Crippen molar-refractivity contribution in [1.29, 1.82) is 0 Å². The Hall–Kier alpha value is -2.70. The molecule has 0 aliphatic carbocycles. The van der Waals surface area contributed by atoms with Gasteiger partial charge in [0.1, 0.15) is 6.54 Å². The van der Waals surface area contributed by atoms with Gasteiger partial charge < -0.3 is 15.0 Å². The van der Waals surface area contributed by atoms with Crippen molar-refractivity contribution in [3.63, 3.8) is 0 Å². The van der Waals surface area contributed by atoms with E-state index in [0.29, 0.717) is 13.1 Å². The lowest BCUT2D eigenvalue weighted by atomic mass is 10.0. The SMILES string of the molecule is O=C(Cn1ccc2ccccc21)N[C@@H]1CCN(Cc2ccccn2)C[C@H]1O. The van der Waals surface area contributed by atoms with Crippen molar-refractivity contribution in [3.05, 3.63) is 66.6 Å². The third kappa shape index (κ3) is 4.18. The monoisotopic (exact) mass is 364 g/mol. The van der Waals surface area contributed by atoms with Gasteiger partial charge in [-0.05, 0) is 36.1 Å². The molecule has 1 fully saturated rings. The van der Waals surface area contributed by atoms with Crippen molar-refractivity contribution in [3.8, 4) is 0 Å². The van der Waals surface area contributed by atoms with Crippen LogP contribution in [0.5, 0.6) is 0 Å². The lowest BCUT2D eigenvalue weighted by Crippen LogP contribution is -2.54. The van der Waals surface area contributed by atoms with E-state index in [-0.39, 0.29) is 18.5 Å². The molecule has 0 spiro atoms. The van der Waals surface area contributed by atoms with Gasteiger partial charge in [0.2, 0.25) is 5.91 Å². The van der Waals surface area contributed by atoms with Gasteiger partial charge in [-0.3, -0.25) is 14.7 Å². The van der Waals surface area contributed by atoms with E-state index >= 15 is 0 Å². The Kier molecular flexibility index (Phi) is 5.18. The first-order valence-electron chi connectivity index (χ1n) is 9.32. The van der Waals surface area contributed by atoms with Crippen molar-refractivity contribution in [2.45, 2.75) is 31.7 Å². The number of rotatable bonds is 5. The number of piperidine rings is 1. The molecule has 2 aromatic heterocycles. The van der Waals surface area contributed by atoms with Crippen molar-refractivity contribution in [1.82, 2.24) is 19.8 Å². The van der Waals surface area contributed by atoms with Gasteiger partial charge >= 0.3 is 0 Å². The highest BCUT2D eigenvalue weighted by atomic mass is 16.3. The molecule has 1 aliphatic heterocycles. The van der Waals surface area contributed by atoms with Crippen molar-refractivity contribution >= 4 is 16.8 Å². The minimum absolute atomic E-state index is 0.0708. The van der Waals surface area contributed by atoms with E-state index in [1.807, 2.05) is 59.3 Å². The number of likely N-dealkylation sites (tertiary alicyclic amines) is 1. The molecule has 1 aromatic carbocycles. The Labute approximate surface area is 158 Å². The summed E-state index contributed by atoms with van der Waals surface area (Å²) >= 11 is 0. The number of hydrogen-bond acceptors (Lipinski definition) is 4. The maximum Gasteiger partial charge on any atom is 0.240 e. The van der Waals surface area contributed by atoms with Crippen molar-refractivity contribution in [2.75, 3.05) is 13.1 Å². The number of fused-ring (bicyclic) bond motifs is 1. The summed E-state index contributed by atoms with van der Waals surface area (Å²) in [4.78, 5) is 19.0. The zero-order chi connectivity index (χ0) is 18.6. The van der Waals surface area contributed by atoms with Crippen LogP contribution >= 0.6 is 0 Å². The van der Waals surface area contributed by atoms with Crippen LogP contribution in [0.4, 0.5) is 0 Å². The van der Waals surface area contributed by atoms with Crippen LogP contribution in [-0.4, -0.2) is 50.7 Å². The number of aliphatic hydroxyl groups excluding tert-OH is 1. The van der Waals surface area contributed by atoms with Gasteiger partial charge in [-0.25, -0.2) is 0 Å². The van der Waals surface area contributed by atoms with E-state index in [1.165, 1.54) is 0 Å². The maximum atomic E-state index is 12.5. The van der Waals surface area contributed by atoms with Crippen molar-refractivity contribution < 1.29 is 9.90 Å². The summed E-state index contributed by atoms with van der Waals surface area (Å²) in [5, 5.41) is 14.6. The average Bonchev–Trinajstić information content (AvgIpc) is 3.08. The standard InChI is InChI=1S/C21H24N4O2/c26-20-14-24(13-17-6-3-4-10-22-17)11-9-18(20)23-21(27)15-25-12-8-16-5-1-2-7-19(16)25/h1-8,10,12,18,20,26H,9,11,13-15H2,(H,23,27)/t18-,20-/m1/s1. The van der Waals surface area contributed by atoms with Crippen LogP contribution in [0.15, 0.2) is 60.9 Å². The van der Waals surface area contributed by atoms with Crippen LogP contribution in [0.3, 0.4) is 0 Å². The highest BCUT2D eigenvalue weighted by Gasteiger charge is 2.29. The zero-order valence-corrected chi connectivity index (χ0v) is 15.2. The topological polar surface area (TPSA) is 70.4 Å². The van der Waals surface area contributed by atoms with E-state index in [4.69, 9.17) is 0 Å². The Morgan fingerprint density at radius 2 is 2.04 bits per heavy atom. The van der Waals surface area contributed by atoms with Crippen LogP contribution in [0.2, 0.25) is 0 Å². The lowest BCUT2D eigenvalue weighted by Gasteiger charge is -2.36. The molecule has 0 radical (unpaired) electrons. The number of hydrogen-bond donors (Lipinski definition) is 2. The fraction of sp³-hybridized carbons (Fsp3) is 0.333. The molecular weight excluding hydrogens is 340 g/mol. The lowest BCUT2D eigenvalue weighted by molar-refractivity contribution is -0.123. The molecule has 6 heteroatoms. The highest BCUT2D eigenvalue weighted by Crippen LogP contribution is 2.16. The molecule has 140 valence electrons.